The van der Waals surface area contributed by atoms with E-state index < -0.39 is 0 Å². The predicted octanol–water partition coefficient (Wildman–Crippen LogP) is 15.1. The third-order valence-corrected chi connectivity index (χ3v) is 12.6. The summed E-state index contributed by atoms with van der Waals surface area (Å²) in [5.74, 6) is 0. The number of allylic oxidation sites excluding steroid dienone is 7. The number of aliphatic imine (C=N–C) groups is 1. The summed E-state index contributed by atoms with van der Waals surface area (Å²) in [6, 6.07) is 51.2. The van der Waals surface area contributed by atoms with Gasteiger partial charge in [-0.25, -0.2) is 9.98 Å². The van der Waals surface area contributed by atoms with Gasteiger partial charge in [0.15, 0.2) is 0 Å². The Morgan fingerprint density at radius 3 is 1.89 bits per heavy atom. The summed E-state index contributed by atoms with van der Waals surface area (Å²) in [5, 5.41) is 11.1. The lowest BCUT2D eigenvalue weighted by Crippen LogP contribution is -1.99. The van der Waals surface area contributed by atoms with Crippen LogP contribution in [0.15, 0.2) is 212 Å². The highest BCUT2D eigenvalue weighted by Crippen LogP contribution is 2.44. The lowest BCUT2D eigenvalue weighted by Gasteiger charge is -2.13. The number of nitrogens with zero attached hydrogens (tertiary/aromatic N) is 4. The molecule has 0 unspecified atom stereocenters. The number of rotatable bonds is 9. The van der Waals surface area contributed by atoms with Crippen molar-refractivity contribution in [2.24, 2.45) is 4.99 Å². The monoisotopic (exact) mass is 800 g/mol. The molecule has 0 aliphatic heterocycles. The number of thiophene rings is 1. The largest absolute Gasteiger partial charge is 0.255 e. The molecule has 0 N–H and O–H groups in total. The highest BCUT2D eigenvalue weighted by molar-refractivity contribution is 7.26. The fourth-order valence-electron chi connectivity index (χ4n) is 8.34. The van der Waals surface area contributed by atoms with Gasteiger partial charge in [-0.2, -0.15) is 0 Å². The molecule has 10 rings (SSSR count). The van der Waals surface area contributed by atoms with Gasteiger partial charge in [-0.3, -0.25) is 9.97 Å². The first-order chi connectivity index (χ1) is 29.9. The Morgan fingerprint density at radius 1 is 0.607 bits per heavy atom. The second-order valence-corrected chi connectivity index (χ2v) is 16.2. The van der Waals surface area contributed by atoms with Crippen LogP contribution < -0.4 is 0 Å². The Balaban J connectivity index is 1.04. The molecule has 0 saturated carbocycles. The van der Waals surface area contributed by atoms with E-state index >= 15 is 0 Å². The Labute approximate surface area is 358 Å². The number of pyridine rings is 3. The highest BCUT2D eigenvalue weighted by atomic mass is 32.1. The maximum atomic E-state index is 5.52. The van der Waals surface area contributed by atoms with Gasteiger partial charge in [0.2, 0.25) is 0 Å². The van der Waals surface area contributed by atoms with Gasteiger partial charge in [-0.15, -0.1) is 11.3 Å². The van der Waals surface area contributed by atoms with Gasteiger partial charge >= 0.3 is 0 Å². The van der Waals surface area contributed by atoms with Crippen molar-refractivity contribution in [3.63, 3.8) is 0 Å². The second kappa shape index (κ2) is 15.9. The number of fused-ring (bicyclic) bond motifs is 11. The van der Waals surface area contributed by atoms with Gasteiger partial charge in [0.05, 0.1) is 34.0 Å². The van der Waals surface area contributed by atoms with E-state index in [9.17, 15) is 0 Å². The van der Waals surface area contributed by atoms with E-state index in [4.69, 9.17) is 9.98 Å². The zero-order valence-electron chi connectivity index (χ0n) is 33.9. The smallest absolute Gasteiger partial charge is 0.0896 e. The zero-order valence-corrected chi connectivity index (χ0v) is 34.7. The molecule has 0 saturated heterocycles. The minimum atomic E-state index is 0.706. The first-order valence-electron chi connectivity index (χ1n) is 20.4. The van der Waals surface area contributed by atoms with Crippen molar-refractivity contribution < 1.29 is 0 Å². The zero-order chi connectivity index (χ0) is 41.5. The molecule has 0 atom stereocenters. The van der Waals surface area contributed by atoms with Crippen LogP contribution in [0.3, 0.4) is 0 Å². The quantitative estimate of drug-likeness (QED) is 0.0830. The molecular formula is C56H40N4S. The predicted molar refractivity (Wildman–Crippen MR) is 262 cm³/mol. The molecule has 4 heterocycles. The number of aromatic nitrogens is 3. The molecule has 4 aromatic heterocycles. The summed E-state index contributed by atoms with van der Waals surface area (Å²) < 4.78 is 2.49. The SMILES string of the molecule is C=C(/C=C(\N=C(C)c1ccccn1)c1ccccn1)C(/C=C\C(=C)c1ccc2c(c1)nc(-c1ccc3c4ccccc4c4ccccc4c3c1)c1c3ccccc3sc21)=C/C. The summed E-state index contributed by atoms with van der Waals surface area (Å²) in [4.78, 5) is 19.6. The van der Waals surface area contributed by atoms with Crippen LogP contribution in [0.2, 0.25) is 0 Å². The molecule has 0 radical (unpaired) electrons. The number of hydrogen-bond donors (Lipinski definition) is 0. The van der Waals surface area contributed by atoms with Gasteiger partial charge < -0.3 is 0 Å². The Hall–Kier alpha value is -7.60. The first kappa shape index (κ1) is 37.7. The van der Waals surface area contributed by atoms with Crippen LogP contribution >= 0.6 is 11.3 Å². The van der Waals surface area contributed by atoms with E-state index in [1.54, 1.807) is 12.4 Å². The van der Waals surface area contributed by atoms with Crippen LogP contribution in [0.25, 0.3) is 85.9 Å². The summed E-state index contributed by atoms with van der Waals surface area (Å²) >= 11 is 1.83. The molecule has 290 valence electrons. The van der Waals surface area contributed by atoms with Crippen molar-refractivity contribution >= 4 is 91.7 Å². The summed E-state index contributed by atoms with van der Waals surface area (Å²) in [5.41, 5.74) is 9.70. The van der Waals surface area contributed by atoms with Crippen molar-refractivity contribution in [1.82, 2.24) is 15.0 Å². The van der Waals surface area contributed by atoms with E-state index in [1.807, 2.05) is 67.7 Å². The molecule has 4 nitrogen and oxygen atoms in total. The second-order valence-electron chi connectivity index (χ2n) is 15.1. The van der Waals surface area contributed by atoms with Crippen molar-refractivity contribution in [3.8, 4) is 11.3 Å². The van der Waals surface area contributed by atoms with E-state index in [2.05, 4.69) is 151 Å². The minimum absolute atomic E-state index is 0.706. The molecule has 0 aliphatic carbocycles. The van der Waals surface area contributed by atoms with Crippen LogP contribution in [-0.2, 0) is 0 Å². The molecule has 0 spiro atoms. The third-order valence-electron chi connectivity index (χ3n) is 11.4. The van der Waals surface area contributed by atoms with Crippen molar-refractivity contribution in [1.29, 1.82) is 0 Å². The minimum Gasteiger partial charge on any atom is -0.255 e. The van der Waals surface area contributed by atoms with Gasteiger partial charge in [-0.1, -0.05) is 135 Å². The molecule has 0 amide bonds. The Bertz CT molecular complexity index is 3480. The topological polar surface area (TPSA) is 51.0 Å². The van der Waals surface area contributed by atoms with Gasteiger partial charge in [0.25, 0.3) is 0 Å². The molecule has 6 aromatic carbocycles. The van der Waals surface area contributed by atoms with E-state index in [-0.39, 0.29) is 0 Å². The fraction of sp³-hybridized carbons (Fsp3) is 0.0357. The molecule has 0 fully saturated rings. The molecule has 61 heavy (non-hydrogen) atoms. The van der Waals surface area contributed by atoms with Crippen molar-refractivity contribution in [2.75, 3.05) is 0 Å². The molecule has 10 aromatic rings. The third kappa shape index (κ3) is 6.95. The molecule has 0 bridgehead atoms. The average Bonchev–Trinajstić information content (AvgIpc) is 3.71. The Kier molecular flexibility index (Phi) is 9.80. The standard InChI is InChI=1S/C56H40N4S/c1-5-38(36(3)32-52(50-22-13-15-31-58-50)59-37(4)49-21-12-14-30-57-49)25-24-35(2)39-26-29-46-51(34-39)60-55(54-47-20-10-11-23-53(47)61-56(46)54)40-27-28-45-43-18-7-6-16-41(43)42-17-8-9-19-44(42)48(45)33-40/h5-34H,2-3H2,1,4H3/b25-24-,38-5+,52-32-,59-37?. The van der Waals surface area contributed by atoms with Crippen LogP contribution in [0.5, 0.6) is 0 Å². The van der Waals surface area contributed by atoms with Crippen molar-refractivity contribution in [3.05, 3.63) is 224 Å². The normalized spacial score (nSPS) is 12.8. The Morgan fingerprint density at radius 2 is 1.21 bits per heavy atom. The van der Waals surface area contributed by atoms with Gasteiger partial charge in [0, 0.05) is 43.5 Å². The highest BCUT2D eigenvalue weighted by Gasteiger charge is 2.18. The van der Waals surface area contributed by atoms with E-state index in [0.717, 1.165) is 61.5 Å². The van der Waals surface area contributed by atoms with Gasteiger partial charge in [0.1, 0.15) is 0 Å². The maximum absolute atomic E-state index is 5.52. The maximum Gasteiger partial charge on any atom is 0.0896 e. The lowest BCUT2D eigenvalue weighted by atomic mass is 9.92. The number of hydrogen-bond acceptors (Lipinski definition) is 5. The van der Waals surface area contributed by atoms with Crippen LogP contribution in [-0.4, -0.2) is 20.7 Å². The van der Waals surface area contributed by atoms with Crippen LogP contribution in [0.1, 0.15) is 30.8 Å². The van der Waals surface area contributed by atoms with Crippen molar-refractivity contribution in [2.45, 2.75) is 13.8 Å². The fourth-order valence-corrected chi connectivity index (χ4v) is 9.58. The molecule has 0 aliphatic rings. The molecular weight excluding hydrogens is 761 g/mol. The first-order valence-corrected chi connectivity index (χ1v) is 21.2. The molecule has 5 heteroatoms. The van der Waals surface area contributed by atoms with E-state index in [1.165, 1.54) is 52.5 Å². The lowest BCUT2D eigenvalue weighted by molar-refractivity contribution is 1.24. The van der Waals surface area contributed by atoms with E-state index in [0.29, 0.717) is 5.70 Å². The average molecular weight is 801 g/mol. The van der Waals surface area contributed by atoms with Crippen LogP contribution in [0, 0.1) is 0 Å². The van der Waals surface area contributed by atoms with Crippen LogP contribution in [0.4, 0.5) is 0 Å². The summed E-state index contributed by atoms with van der Waals surface area (Å²) in [6.45, 7) is 12.9. The summed E-state index contributed by atoms with van der Waals surface area (Å²) in [7, 11) is 0. The van der Waals surface area contributed by atoms with Gasteiger partial charge in [-0.05, 0) is 117 Å². The number of benzene rings is 6. The summed E-state index contributed by atoms with van der Waals surface area (Å²) in [6.07, 6.45) is 11.7.